The highest BCUT2D eigenvalue weighted by molar-refractivity contribution is 6.29. The Morgan fingerprint density at radius 3 is 2.77 bits per heavy atom. The maximum Gasteiger partial charge on any atom is 0.0270 e. The van der Waals surface area contributed by atoms with E-state index in [0.29, 0.717) is 5.92 Å². The van der Waals surface area contributed by atoms with Crippen molar-refractivity contribution in [1.29, 1.82) is 0 Å². The van der Waals surface area contributed by atoms with Gasteiger partial charge in [-0.15, -0.1) is 0 Å². The fourth-order valence-corrected chi connectivity index (χ4v) is 2.04. The van der Waals surface area contributed by atoms with Crippen molar-refractivity contribution in [2.75, 3.05) is 0 Å². The first kappa shape index (κ1) is 8.76. The molecule has 1 nitrogen and oxygen atoms in total. The monoisotopic (exact) mass is 193 g/mol. The molecule has 2 rings (SSSR count). The summed E-state index contributed by atoms with van der Waals surface area (Å²) in [6.45, 7) is 0. The normalized spacial score (nSPS) is 22.5. The van der Waals surface area contributed by atoms with Gasteiger partial charge in [-0.05, 0) is 37.0 Å². The standard InChI is InChI=1S/C11H12ClN/c12-11-3-1-2-10(8-11)9-4-6-13-7-5-9/h4-8,10H,1-3H2. The van der Waals surface area contributed by atoms with Gasteiger partial charge in [0.05, 0.1) is 0 Å². The lowest BCUT2D eigenvalue weighted by molar-refractivity contribution is 0.647. The molecule has 1 atom stereocenters. The maximum atomic E-state index is 6.01. The average molecular weight is 194 g/mol. The molecule has 0 saturated carbocycles. The third kappa shape index (κ3) is 2.10. The van der Waals surface area contributed by atoms with Gasteiger partial charge in [-0.2, -0.15) is 0 Å². The molecule has 0 saturated heterocycles. The van der Waals surface area contributed by atoms with Crippen molar-refractivity contribution >= 4 is 11.6 Å². The number of nitrogens with zero attached hydrogens (tertiary/aromatic N) is 1. The summed E-state index contributed by atoms with van der Waals surface area (Å²) in [5, 5.41) is 1.01. The fraction of sp³-hybridized carbons (Fsp3) is 0.364. The Morgan fingerprint density at radius 2 is 2.08 bits per heavy atom. The molecule has 0 aromatic carbocycles. The van der Waals surface area contributed by atoms with Crippen molar-refractivity contribution in [3.8, 4) is 0 Å². The highest BCUT2D eigenvalue weighted by atomic mass is 35.5. The molecule has 0 spiro atoms. The highest BCUT2D eigenvalue weighted by Gasteiger charge is 2.13. The van der Waals surface area contributed by atoms with Gasteiger partial charge in [0.1, 0.15) is 0 Å². The van der Waals surface area contributed by atoms with Gasteiger partial charge in [-0.3, -0.25) is 4.98 Å². The van der Waals surface area contributed by atoms with Crippen molar-refractivity contribution in [2.24, 2.45) is 0 Å². The summed E-state index contributed by atoms with van der Waals surface area (Å²) in [7, 11) is 0. The van der Waals surface area contributed by atoms with Gasteiger partial charge in [0.25, 0.3) is 0 Å². The zero-order chi connectivity index (χ0) is 9.10. The number of aromatic nitrogens is 1. The summed E-state index contributed by atoms with van der Waals surface area (Å²) in [5.41, 5.74) is 1.33. The van der Waals surface area contributed by atoms with Crippen molar-refractivity contribution in [1.82, 2.24) is 4.98 Å². The third-order valence-corrected chi connectivity index (χ3v) is 2.76. The second-order valence-corrected chi connectivity index (χ2v) is 3.88. The molecule has 68 valence electrons. The lowest BCUT2D eigenvalue weighted by Gasteiger charge is -2.18. The van der Waals surface area contributed by atoms with Crippen LogP contribution in [0.25, 0.3) is 0 Å². The van der Waals surface area contributed by atoms with Gasteiger partial charge >= 0.3 is 0 Å². The van der Waals surface area contributed by atoms with Crippen molar-refractivity contribution in [2.45, 2.75) is 25.2 Å². The van der Waals surface area contributed by atoms with E-state index in [-0.39, 0.29) is 0 Å². The summed E-state index contributed by atoms with van der Waals surface area (Å²) in [6.07, 6.45) is 9.30. The Labute approximate surface area is 83.4 Å². The molecule has 1 heterocycles. The van der Waals surface area contributed by atoms with Gasteiger partial charge in [0.15, 0.2) is 0 Å². The van der Waals surface area contributed by atoms with E-state index in [0.717, 1.165) is 11.5 Å². The highest BCUT2D eigenvalue weighted by Crippen LogP contribution is 2.31. The molecule has 0 bridgehead atoms. The van der Waals surface area contributed by atoms with Crippen molar-refractivity contribution in [3.63, 3.8) is 0 Å². The smallest absolute Gasteiger partial charge is 0.0270 e. The molecule has 0 N–H and O–H groups in total. The van der Waals surface area contributed by atoms with Gasteiger partial charge < -0.3 is 0 Å². The summed E-state index contributed by atoms with van der Waals surface area (Å²) >= 11 is 6.01. The van der Waals surface area contributed by atoms with Crippen molar-refractivity contribution < 1.29 is 0 Å². The molecular formula is C11H12ClN. The number of halogens is 1. The molecular weight excluding hydrogens is 182 g/mol. The number of pyridine rings is 1. The van der Waals surface area contributed by atoms with Crippen LogP contribution in [0.1, 0.15) is 30.7 Å². The number of hydrogen-bond acceptors (Lipinski definition) is 1. The number of rotatable bonds is 1. The zero-order valence-electron chi connectivity index (χ0n) is 7.41. The van der Waals surface area contributed by atoms with Crippen LogP contribution >= 0.6 is 11.6 Å². The Hall–Kier alpha value is -0.820. The number of allylic oxidation sites excluding steroid dienone is 2. The van der Waals surface area contributed by atoms with E-state index in [1.165, 1.54) is 18.4 Å². The second-order valence-electron chi connectivity index (χ2n) is 3.39. The minimum atomic E-state index is 0.504. The van der Waals surface area contributed by atoms with Gasteiger partial charge in [0, 0.05) is 23.3 Å². The van der Waals surface area contributed by atoms with Crippen LogP contribution < -0.4 is 0 Å². The molecule has 1 aromatic heterocycles. The molecule has 1 aliphatic carbocycles. The molecule has 2 heteroatoms. The predicted molar refractivity (Wildman–Crippen MR) is 54.8 cm³/mol. The Bertz CT molecular complexity index is 305. The van der Waals surface area contributed by atoms with Gasteiger partial charge in [0.2, 0.25) is 0 Å². The van der Waals surface area contributed by atoms with E-state index in [4.69, 9.17) is 11.6 Å². The van der Waals surface area contributed by atoms with E-state index in [1.54, 1.807) is 0 Å². The largest absolute Gasteiger partial charge is 0.265 e. The lowest BCUT2D eigenvalue weighted by Crippen LogP contribution is -2.00. The van der Waals surface area contributed by atoms with Crippen LogP contribution in [0.5, 0.6) is 0 Å². The predicted octanol–water partition coefficient (Wildman–Crippen LogP) is 3.47. The topological polar surface area (TPSA) is 12.9 Å². The summed E-state index contributed by atoms with van der Waals surface area (Å²) < 4.78 is 0. The molecule has 1 aliphatic rings. The van der Waals surface area contributed by atoms with Crippen LogP contribution in [0, 0.1) is 0 Å². The van der Waals surface area contributed by atoms with Crippen LogP contribution in [-0.2, 0) is 0 Å². The molecule has 1 aromatic rings. The number of hydrogen-bond donors (Lipinski definition) is 0. The Kier molecular flexibility index (Phi) is 2.65. The SMILES string of the molecule is ClC1=CC(c2ccncc2)CCC1. The Morgan fingerprint density at radius 1 is 1.31 bits per heavy atom. The molecule has 0 fully saturated rings. The van der Waals surface area contributed by atoms with Crippen LogP contribution in [0.3, 0.4) is 0 Å². The van der Waals surface area contributed by atoms with Crippen molar-refractivity contribution in [3.05, 3.63) is 41.2 Å². The zero-order valence-corrected chi connectivity index (χ0v) is 8.17. The molecule has 0 amide bonds. The minimum Gasteiger partial charge on any atom is -0.265 e. The summed E-state index contributed by atoms with van der Waals surface area (Å²) in [5.74, 6) is 0.504. The van der Waals surface area contributed by atoms with E-state index in [9.17, 15) is 0 Å². The summed E-state index contributed by atoms with van der Waals surface area (Å²) in [4.78, 5) is 4.01. The first-order chi connectivity index (χ1) is 6.36. The fourth-order valence-electron chi connectivity index (χ4n) is 1.75. The van der Waals surface area contributed by atoms with E-state index in [2.05, 4.69) is 23.2 Å². The van der Waals surface area contributed by atoms with E-state index in [1.807, 2.05) is 12.4 Å². The molecule has 0 radical (unpaired) electrons. The van der Waals surface area contributed by atoms with Crippen LogP contribution in [-0.4, -0.2) is 4.98 Å². The molecule has 13 heavy (non-hydrogen) atoms. The first-order valence-corrected chi connectivity index (χ1v) is 5.00. The lowest BCUT2D eigenvalue weighted by atomic mass is 9.90. The van der Waals surface area contributed by atoms with E-state index >= 15 is 0 Å². The van der Waals surface area contributed by atoms with Crippen LogP contribution in [0.2, 0.25) is 0 Å². The van der Waals surface area contributed by atoms with Crippen LogP contribution in [0.15, 0.2) is 35.6 Å². The molecule has 1 unspecified atom stereocenters. The minimum absolute atomic E-state index is 0.504. The maximum absolute atomic E-state index is 6.01. The average Bonchev–Trinajstić information content (AvgIpc) is 2.19. The summed E-state index contributed by atoms with van der Waals surface area (Å²) in [6, 6.07) is 4.13. The van der Waals surface area contributed by atoms with Crippen LogP contribution in [0.4, 0.5) is 0 Å². The van der Waals surface area contributed by atoms with E-state index < -0.39 is 0 Å². The van der Waals surface area contributed by atoms with Gasteiger partial charge in [-0.1, -0.05) is 17.7 Å². The molecule has 0 aliphatic heterocycles. The second kappa shape index (κ2) is 3.93. The Balaban J connectivity index is 2.22. The van der Waals surface area contributed by atoms with Gasteiger partial charge in [-0.25, -0.2) is 0 Å². The first-order valence-electron chi connectivity index (χ1n) is 4.62. The third-order valence-electron chi connectivity index (χ3n) is 2.45. The quantitative estimate of drug-likeness (QED) is 0.666.